The fraction of sp³-hybridized carbons (Fsp3) is 0.588. The lowest BCUT2D eigenvalue weighted by Crippen LogP contribution is -2.25. The molecule has 0 radical (unpaired) electrons. The maximum absolute atomic E-state index is 9.04. The summed E-state index contributed by atoms with van der Waals surface area (Å²) in [5, 5.41) is 10.3. The van der Waals surface area contributed by atoms with E-state index in [2.05, 4.69) is 48.7 Å². The normalized spacial score (nSPS) is 16.8. The van der Waals surface area contributed by atoms with Gasteiger partial charge in [0, 0.05) is 42.5 Å². The lowest BCUT2D eigenvalue weighted by molar-refractivity contribution is 0.247. The van der Waals surface area contributed by atoms with Gasteiger partial charge < -0.3 is 9.67 Å². The minimum atomic E-state index is 0.234. The van der Waals surface area contributed by atoms with Crippen molar-refractivity contribution in [3.8, 4) is 0 Å². The Hall–Kier alpha value is -1.39. The Morgan fingerprint density at radius 2 is 2.24 bits per heavy atom. The first-order valence-electron chi connectivity index (χ1n) is 7.91. The fourth-order valence-corrected chi connectivity index (χ4v) is 3.03. The monoisotopic (exact) mass is 287 g/mol. The molecule has 0 aliphatic heterocycles. The number of nitrogens with zero attached hydrogens (tertiary/aromatic N) is 3. The van der Waals surface area contributed by atoms with Crippen molar-refractivity contribution in [1.29, 1.82) is 0 Å². The van der Waals surface area contributed by atoms with Crippen LogP contribution >= 0.6 is 0 Å². The van der Waals surface area contributed by atoms with Gasteiger partial charge in [0.15, 0.2) is 0 Å². The van der Waals surface area contributed by atoms with Crippen LogP contribution in [0.1, 0.15) is 43.6 Å². The minimum absolute atomic E-state index is 0.234. The molecule has 1 aliphatic carbocycles. The van der Waals surface area contributed by atoms with E-state index in [9.17, 15) is 0 Å². The highest BCUT2D eigenvalue weighted by molar-refractivity contribution is 5.82. The molecule has 114 valence electrons. The molecule has 0 amide bonds. The van der Waals surface area contributed by atoms with Crippen LogP contribution in [0, 0.1) is 6.92 Å². The maximum atomic E-state index is 9.04. The van der Waals surface area contributed by atoms with Crippen molar-refractivity contribution in [2.45, 2.75) is 51.7 Å². The van der Waals surface area contributed by atoms with Gasteiger partial charge in [0.2, 0.25) is 0 Å². The number of pyridine rings is 1. The number of fused-ring (bicyclic) bond motifs is 1. The van der Waals surface area contributed by atoms with Gasteiger partial charge >= 0.3 is 0 Å². The van der Waals surface area contributed by atoms with Crippen LogP contribution in [-0.2, 0) is 6.54 Å². The molecule has 1 aliphatic rings. The lowest BCUT2D eigenvalue weighted by atomic mass is 10.1. The summed E-state index contributed by atoms with van der Waals surface area (Å²) >= 11 is 0. The summed E-state index contributed by atoms with van der Waals surface area (Å²) in [6, 6.07) is 5.44. The molecule has 1 saturated carbocycles. The molecule has 0 bridgehead atoms. The Balaban J connectivity index is 1.95. The predicted molar refractivity (Wildman–Crippen MR) is 85.4 cm³/mol. The van der Waals surface area contributed by atoms with Crippen molar-refractivity contribution in [2.75, 3.05) is 13.7 Å². The summed E-state index contributed by atoms with van der Waals surface area (Å²) < 4.78 is 2.23. The molecular formula is C17H25N3O. The topological polar surface area (TPSA) is 41.3 Å². The first-order valence-corrected chi connectivity index (χ1v) is 7.91. The highest BCUT2D eigenvalue weighted by atomic mass is 16.3. The smallest absolute Gasteiger partial charge is 0.0596 e. The molecule has 0 saturated heterocycles. The Kier molecular flexibility index (Phi) is 4.00. The van der Waals surface area contributed by atoms with Crippen LogP contribution in [0.3, 0.4) is 0 Å². The van der Waals surface area contributed by atoms with Gasteiger partial charge in [-0.15, -0.1) is 0 Å². The van der Waals surface area contributed by atoms with Gasteiger partial charge in [0.1, 0.15) is 0 Å². The molecule has 3 rings (SSSR count). The van der Waals surface area contributed by atoms with Crippen LogP contribution in [0.4, 0.5) is 0 Å². The third-order valence-electron chi connectivity index (χ3n) is 4.70. The Labute approximate surface area is 126 Å². The van der Waals surface area contributed by atoms with Crippen molar-refractivity contribution in [1.82, 2.24) is 14.5 Å². The van der Waals surface area contributed by atoms with Crippen molar-refractivity contribution in [3.05, 3.63) is 29.7 Å². The fourth-order valence-electron chi connectivity index (χ4n) is 3.03. The lowest BCUT2D eigenvalue weighted by Gasteiger charge is -2.24. The number of hydrogen-bond acceptors (Lipinski definition) is 3. The van der Waals surface area contributed by atoms with Crippen molar-refractivity contribution >= 4 is 10.9 Å². The van der Waals surface area contributed by atoms with E-state index in [1.807, 2.05) is 0 Å². The molecular weight excluding hydrogens is 262 g/mol. The highest BCUT2D eigenvalue weighted by Gasteiger charge is 2.30. The van der Waals surface area contributed by atoms with Gasteiger partial charge in [-0.25, -0.2) is 0 Å². The number of aliphatic hydroxyl groups is 1. The summed E-state index contributed by atoms with van der Waals surface area (Å²) in [5.41, 5.74) is 3.49. The third kappa shape index (κ3) is 2.83. The molecule has 2 aromatic rings. The van der Waals surface area contributed by atoms with E-state index in [1.54, 1.807) is 0 Å². The van der Waals surface area contributed by atoms with Crippen molar-refractivity contribution in [3.63, 3.8) is 0 Å². The number of rotatable bonds is 6. The molecule has 0 aromatic carbocycles. The standard InChI is InChI=1S/C17H25N3O/c1-12-15-7-9-20(8-4-10-21)17(15)11-16(18-12)13(2)19(3)14-5-6-14/h7,9,11,13-14,21H,4-6,8,10H2,1-3H3/t13-/m1/s1. The van der Waals surface area contributed by atoms with E-state index in [4.69, 9.17) is 10.1 Å². The average molecular weight is 287 g/mol. The summed E-state index contributed by atoms with van der Waals surface area (Å²) in [6.45, 7) is 5.42. The second-order valence-corrected chi connectivity index (χ2v) is 6.22. The van der Waals surface area contributed by atoms with E-state index in [0.29, 0.717) is 6.04 Å². The quantitative estimate of drug-likeness (QED) is 0.888. The highest BCUT2D eigenvalue weighted by Crippen LogP contribution is 2.33. The van der Waals surface area contributed by atoms with Crippen molar-refractivity contribution < 1.29 is 5.11 Å². The molecule has 1 atom stereocenters. The van der Waals surface area contributed by atoms with Gasteiger partial charge in [0.25, 0.3) is 0 Å². The molecule has 1 N–H and O–H groups in total. The second-order valence-electron chi connectivity index (χ2n) is 6.22. The zero-order chi connectivity index (χ0) is 15.0. The molecule has 0 unspecified atom stereocenters. The second kappa shape index (κ2) is 5.78. The summed E-state index contributed by atoms with van der Waals surface area (Å²) in [4.78, 5) is 7.26. The zero-order valence-electron chi connectivity index (χ0n) is 13.2. The van der Waals surface area contributed by atoms with E-state index in [0.717, 1.165) is 30.4 Å². The van der Waals surface area contributed by atoms with Crippen molar-refractivity contribution in [2.24, 2.45) is 0 Å². The minimum Gasteiger partial charge on any atom is -0.396 e. The van der Waals surface area contributed by atoms with E-state index in [-0.39, 0.29) is 6.61 Å². The zero-order valence-corrected chi connectivity index (χ0v) is 13.2. The SMILES string of the molecule is Cc1nc([C@@H](C)N(C)C2CC2)cc2c1ccn2CCCO. The first-order chi connectivity index (χ1) is 10.1. The average Bonchev–Trinajstić information content (AvgIpc) is 3.25. The molecule has 1 fully saturated rings. The van der Waals surface area contributed by atoms with Crippen LogP contribution in [0.25, 0.3) is 10.9 Å². The van der Waals surface area contributed by atoms with Crippen LogP contribution < -0.4 is 0 Å². The van der Waals surface area contributed by atoms with Gasteiger partial charge in [-0.3, -0.25) is 9.88 Å². The van der Waals surface area contributed by atoms with Gasteiger partial charge in [0.05, 0.1) is 11.2 Å². The van der Waals surface area contributed by atoms with Crippen LogP contribution in [0.5, 0.6) is 0 Å². The molecule has 2 heterocycles. The predicted octanol–water partition coefficient (Wildman–Crippen LogP) is 2.88. The number of aliphatic hydroxyl groups excluding tert-OH is 1. The molecule has 4 nitrogen and oxygen atoms in total. The number of hydrogen-bond donors (Lipinski definition) is 1. The molecule has 2 aromatic heterocycles. The first kappa shape index (κ1) is 14.5. The summed E-state index contributed by atoms with van der Waals surface area (Å²) in [6.07, 6.45) is 5.52. The Morgan fingerprint density at radius 1 is 1.48 bits per heavy atom. The van der Waals surface area contributed by atoms with E-state index < -0.39 is 0 Å². The van der Waals surface area contributed by atoms with Crippen LogP contribution in [0.15, 0.2) is 18.3 Å². The van der Waals surface area contributed by atoms with Gasteiger partial charge in [-0.1, -0.05) is 0 Å². The van der Waals surface area contributed by atoms with E-state index in [1.165, 1.54) is 23.7 Å². The third-order valence-corrected chi connectivity index (χ3v) is 4.70. The Bertz CT molecular complexity index is 630. The van der Waals surface area contributed by atoms with Gasteiger partial charge in [-0.05, 0) is 52.3 Å². The Morgan fingerprint density at radius 3 is 2.90 bits per heavy atom. The summed E-state index contributed by atoms with van der Waals surface area (Å²) in [5.74, 6) is 0. The maximum Gasteiger partial charge on any atom is 0.0596 e. The largest absolute Gasteiger partial charge is 0.396 e. The van der Waals surface area contributed by atoms with E-state index >= 15 is 0 Å². The molecule has 21 heavy (non-hydrogen) atoms. The summed E-state index contributed by atoms with van der Waals surface area (Å²) in [7, 11) is 2.20. The molecule has 4 heteroatoms. The van der Waals surface area contributed by atoms with Crippen LogP contribution in [-0.4, -0.2) is 39.3 Å². The number of aryl methyl sites for hydroxylation is 2. The van der Waals surface area contributed by atoms with Gasteiger partial charge in [-0.2, -0.15) is 0 Å². The molecule has 0 spiro atoms. The number of aromatic nitrogens is 2. The van der Waals surface area contributed by atoms with Crippen LogP contribution in [0.2, 0.25) is 0 Å².